The Morgan fingerprint density at radius 3 is 2.71 bits per heavy atom. The van der Waals surface area contributed by atoms with Crippen LogP contribution in [-0.2, 0) is 11.2 Å². The summed E-state index contributed by atoms with van der Waals surface area (Å²) in [7, 11) is 0. The number of benzene rings is 2. The van der Waals surface area contributed by atoms with Crippen LogP contribution in [0.25, 0.3) is 11.4 Å². The van der Waals surface area contributed by atoms with Gasteiger partial charge in [0.25, 0.3) is 0 Å². The minimum atomic E-state index is -0.0259. The lowest BCUT2D eigenvalue weighted by atomic mass is 9.82. The van der Waals surface area contributed by atoms with Gasteiger partial charge in [-0.2, -0.15) is 5.10 Å². The SMILES string of the molecule is O=C(C1CCCc2ccccc21)N1CCCC1c1nc(-c2ccccc2)n[nH]1. The number of nitrogens with one attached hydrogen (secondary N) is 1. The van der Waals surface area contributed by atoms with Crippen molar-refractivity contribution in [3.8, 4) is 11.4 Å². The van der Waals surface area contributed by atoms with Crippen LogP contribution in [0.2, 0.25) is 0 Å². The van der Waals surface area contributed by atoms with E-state index in [0.717, 1.165) is 50.0 Å². The van der Waals surface area contributed by atoms with E-state index in [4.69, 9.17) is 4.98 Å². The van der Waals surface area contributed by atoms with Gasteiger partial charge in [0, 0.05) is 12.1 Å². The predicted molar refractivity (Wildman–Crippen MR) is 108 cm³/mol. The van der Waals surface area contributed by atoms with Crippen molar-refractivity contribution >= 4 is 5.91 Å². The maximum Gasteiger partial charge on any atom is 0.230 e. The first-order chi connectivity index (χ1) is 13.8. The highest BCUT2D eigenvalue weighted by Gasteiger charge is 2.37. The number of nitrogens with zero attached hydrogens (tertiary/aromatic N) is 3. The summed E-state index contributed by atoms with van der Waals surface area (Å²) in [5.41, 5.74) is 3.53. The summed E-state index contributed by atoms with van der Waals surface area (Å²) >= 11 is 0. The average Bonchev–Trinajstić information content (AvgIpc) is 3.43. The highest BCUT2D eigenvalue weighted by Crippen LogP contribution is 2.38. The van der Waals surface area contributed by atoms with Gasteiger partial charge in [0.15, 0.2) is 5.82 Å². The van der Waals surface area contributed by atoms with Crippen molar-refractivity contribution in [2.45, 2.75) is 44.1 Å². The lowest BCUT2D eigenvalue weighted by Gasteiger charge is -2.31. The fraction of sp³-hybridized carbons (Fsp3) is 0.348. The molecule has 1 fully saturated rings. The van der Waals surface area contributed by atoms with E-state index >= 15 is 0 Å². The van der Waals surface area contributed by atoms with Gasteiger partial charge in [0.2, 0.25) is 5.91 Å². The molecule has 1 aliphatic carbocycles. The third-order valence-electron chi connectivity index (χ3n) is 6.05. The summed E-state index contributed by atoms with van der Waals surface area (Å²) in [4.78, 5) is 20.2. The summed E-state index contributed by atoms with van der Waals surface area (Å²) in [5, 5.41) is 7.50. The normalized spacial score (nSPS) is 21.5. The van der Waals surface area contributed by atoms with Crippen molar-refractivity contribution in [1.29, 1.82) is 0 Å². The topological polar surface area (TPSA) is 61.9 Å². The Balaban J connectivity index is 1.41. The minimum absolute atomic E-state index is 0.00782. The fourth-order valence-corrected chi connectivity index (χ4v) is 4.67. The largest absolute Gasteiger partial charge is 0.332 e. The van der Waals surface area contributed by atoms with Gasteiger partial charge in [0.1, 0.15) is 5.82 Å². The van der Waals surface area contributed by atoms with Gasteiger partial charge in [-0.15, -0.1) is 0 Å². The number of aromatic nitrogens is 3. The zero-order valence-electron chi connectivity index (χ0n) is 15.8. The molecule has 5 rings (SSSR count). The van der Waals surface area contributed by atoms with Crippen molar-refractivity contribution in [2.75, 3.05) is 6.54 Å². The quantitative estimate of drug-likeness (QED) is 0.747. The van der Waals surface area contributed by atoms with Crippen LogP contribution in [-0.4, -0.2) is 32.5 Å². The van der Waals surface area contributed by atoms with Crippen LogP contribution in [0.3, 0.4) is 0 Å². The van der Waals surface area contributed by atoms with Crippen molar-refractivity contribution < 1.29 is 4.79 Å². The third kappa shape index (κ3) is 3.01. The molecule has 1 amide bonds. The second-order valence-electron chi connectivity index (χ2n) is 7.74. The molecule has 1 aromatic heterocycles. The molecule has 0 saturated carbocycles. The summed E-state index contributed by atoms with van der Waals surface area (Å²) in [6.07, 6.45) is 5.03. The second-order valence-corrected chi connectivity index (χ2v) is 7.74. The van der Waals surface area contributed by atoms with Gasteiger partial charge in [-0.1, -0.05) is 54.6 Å². The van der Waals surface area contributed by atoms with E-state index in [9.17, 15) is 4.79 Å². The molecule has 28 heavy (non-hydrogen) atoms. The Labute approximate surface area is 164 Å². The van der Waals surface area contributed by atoms with Gasteiger partial charge in [-0.3, -0.25) is 9.89 Å². The molecule has 2 heterocycles. The maximum absolute atomic E-state index is 13.5. The summed E-state index contributed by atoms with van der Waals surface area (Å²) in [5.74, 6) is 1.71. The average molecular weight is 372 g/mol. The van der Waals surface area contributed by atoms with Gasteiger partial charge in [-0.05, 0) is 43.2 Å². The second kappa shape index (κ2) is 7.23. The van der Waals surface area contributed by atoms with Crippen molar-refractivity contribution in [1.82, 2.24) is 20.1 Å². The molecule has 2 aliphatic rings. The Kier molecular flexibility index (Phi) is 4.43. The van der Waals surface area contributed by atoms with E-state index in [1.807, 2.05) is 35.2 Å². The molecule has 1 N–H and O–H groups in total. The number of hydrogen-bond donors (Lipinski definition) is 1. The molecule has 2 unspecified atom stereocenters. The lowest BCUT2D eigenvalue weighted by molar-refractivity contribution is -0.134. The Morgan fingerprint density at radius 2 is 1.82 bits per heavy atom. The maximum atomic E-state index is 13.5. The van der Waals surface area contributed by atoms with E-state index in [2.05, 4.69) is 34.5 Å². The molecule has 0 radical (unpaired) electrons. The van der Waals surface area contributed by atoms with Gasteiger partial charge < -0.3 is 4.90 Å². The van der Waals surface area contributed by atoms with E-state index in [1.54, 1.807) is 0 Å². The molecule has 2 aromatic carbocycles. The molecule has 142 valence electrons. The van der Waals surface area contributed by atoms with Crippen molar-refractivity contribution in [3.63, 3.8) is 0 Å². The zero-order valence-corrected chi connectivity index (χ0v) is 15.8. The Hall–Kier alpha value is -2.95. The number of carbonyl (C=O) groups is 1. The number of H-pyrrole nitrogens is 1. The van der Waals surface area contributed by atoms with Crippen LogP contribution < -0.4 is 0 Å². The van der Waals surface area contributed by atoms with E-state index in [-0.39, 0.29) is 17.9 Å². The Bertz CT molecular complexity index is 981. The minimum Gasteiger partial charge on any atom is -0.332 e. The molecule has 1 aliphatic heterocycles. The molecule has 0 spiro atoms. The molecule has 2 atom stereocenters. The number of carbonyl (C=O) groups excluding carboxylic acids is 1. The third-order valence-corrected chi connectivity index (χ3v) is 6.05. The van der Waals surface area contributed by atoms with Crippen LogP contribution in [0.1, 0.15) is 54.6 Å². The highest BCUT2D eigenvalue weighted by molar-refractivity contribution is 5.85. The number of aromatic amines is 1. The van der Waals surface area contributed by atoms with Gasteiger partial charge >= 0.3 is 0 Å². The molecule has 3 aromatic rings. The van der Waals surface area contributed by atoms with Gasteiger partial charge in [-0.25, -0.2) is 4.98 Å². The zero-order chi connectivity index (χ0) is 18.9. The summed E-state index contributed by atoms with van der Waals surface area (Å²) in [6.45, 7) is 0.795. The number of aryl methyl sites for hydroxylation is 1. The lowest BCUT2D eigenvalue weighted by Crippen LogP contribution is -2.36. The summed E-state index contributed by atoms with van der Waals surface area (Å²) < 4.78 is 0. The molecular weight excluding hydrogens is 348 g/mol. The first kappa shape index (κ1) is 17.2. The highest BCUT2D eigenvalue weighted by atomic mass is 16.2. The number of hydrogen-bond acceptors (Lipinski definition) is 3. The van der Waals surface area contributed by atoms with Crippen LogP contribution in [0.4, 0.5) is 0 Å². The van der Waals surface area contributed by atoms with Crippen LogP contribution in [0.15, 0.2) is 54.6 Å². The number of likely N-dealkylation sites (tertiary alicyclic amines) is 1. The number of amides is 1. The molecule has 5 heteroatoms. The number of rotatable bonds is 3. The van der Waals surface area contributed by atoms with E-state index < -0.39 is 0 Å². The van der Waals surface area contributed by atoms with E-state index in [1.165, 1.54) is 11.1 Å². The van der Waals surface area contributed by atoms with Crippen molar-refractivity contribution in [3.05, 3.63) is 71.5 Å². The van der Waals surface area contributed by atoms with Crippen LogP contribution >= 0.6 is 0 Å². The van der Waals surface area contributed by atoms with Gasteiger partial charge in [0.05, 0.1) is 12.0 Å². The van der Waals surface area contributed by atoms with Crippen LogP contribution in [0, 0.1) is 0 Å². The molecule has 1 saturated heterocycles. The van der Waals surface area contributed by atoms with Crippen molar-refractivity contribution in [2.24, 2.45) is 0 Å². The standard InChI is InChI=1S/C23H24N4O/c28-23(19-13-6-11-16-8-4-5-12-18(16)19)27-15-7-14-20(27)22-24-21(25-26-22)17-9-2-1-3-10-17/h1-5,8-10,12,19-20H,6-7,11,13-15H2,(H,24,25,26). The molecule has 0 bridgehead atoms. The number of fused-ring (bicyclic) bond motifs is 1. The predicted octanol–water partition coefficient (Wildman–Crippen LogP) is 4.26. The first-order valence-corrected chi connectivity index (χ1v) is 10.2. The fourth-order valence-electron chi connectivity index (χ4n) is 4.67. The van der Waals surface area contributed by atoms with E-state index in [0.29, 0.717) is 5.82 Å². The molecule has 5 nitrogen and oxygen atoms in total. The Morgan fingerprint density at radius 1 is 1.00 bits per heavy atom. The summed E-state index contributed by atoms with van der Waals surface area (Å²) in [6, 6.07) is 18.4. The monoisotopic (exact) mass is 372 g/mol. The molecular formula is C23H24N4O. The smallest absolute Gasteiger partial charge is 0.230 e. The van der Waals surface area contributed by atoms with Crippen LogP contribution in [0.5, 0.6) is 0 Å². The first-order valence-electron chi connectivity index (χ1n) is 10.2.